The maximum Gasteiger partial charge on any atom is 0.177 e. The molecule has 0 radical (unpaired) electrons. The largest absolute Gasteiger partial charge is 0.306 e. The minimum absolute atomic E-state index is 0.0873. The van der Waals surface area contributed by atoms with Crippen molar-refractivity contribution in [1.82, 2.24) is 4.98 Å². The van der Waals surface area contributed by atoms with Crippen molar-refractivity contribution in [1.29, 1.82) is 0 Å². The molecule has 0 aliphatic heterocycles. The SMILES string of the molecule is NNc1nc(SCc2ccc(Cl)cc2)c(F)cc1F. The second-order valence-corrected chi connectivity index (χ2v) is 5.07. The summed E-state index contributed by atoms with van der Waals surface area (Å²) in [6.45, 7) is 0. The zero-order valence-electron chi connectivity index (χ0n) is 9.66. The van der Waals surface area contributed by atoms with Crippen molar-refractivity contribution in [2.45, 2.75) is 10.8 Å². The average molecular weight is 302 g/mol. The molecule has 0 unspecified atom stereocenters. The average Bonchev–Trinajstić information content (AvgIpc) is 2.40. The van der Waals surface area contributed by atoms with E-state index in [-0.39, 0.29) is 10.8 Å². The first kappa shape index (κ1) is 14.0. The lowest BCUT2D eigenvalue weighted by molar-refractivity contribution is 0.551. The predicted molar refractivity (Wildman–Crippen MR) is 73.0 cm³/mol. The second-order valence-electron chi connectivity index (χ2n) is 3.67. The first-order valence-electron chi connectivity index (χ1n) is 5.30. The molecule has 0 atom stereocenters. The molecular weight excluding hydrogens is 292 g/mol. The molecule has 1 aromatic heterocycles. The van der Waals surface area contributed by atoms with Gasteiger partial charge in [0.2, 0.25) is 0 Å². The molecule has 0 bridgehead atoms. The summed E-state index contributed by atoms with van der Waals surface area (Å²) in [5.41, 5.74) is 3.05. The Hall–Kier alpha value is -1.37. The van der Waals surface area contributed by atoms with Gasteiger partial charge in [-0.15, -0.1) is 0 Å². The van der Waals surface area contributed by atoms with E-state index in [2.05, 4.69) is 10.4 Å². The fraction of sp³-hybridized carbons (Fsp3) is 0.0833. The van der Waals surface area contributed by atoms with Crippen molar-refractivity contribution in [2.24, 2.45) is 5.84 Å². The lowest BCUT2D eigenvalue weighted by atomic mass is 10.2. The monoisotopic (exact) mass is 301 g/mol. The fourth-order valence-electron chi connectivity index (χ4n) is 1.38. The molecule has 0 spiro atoms. The lowest BCUT2D eigenvalue weighted by Gasteiger charge is -2.06. The second kappa shape index (κ2) is 6.18. The minimum atomic E-state index is -0.823. The van der Waals surface area contributed by atoms with Crippen LogP contribution >= 0.6 is 23.4 Å². The topological polar surface area (TPSA) is 50.9 Å². The third-order valence-electron chi connectivity index (χ3n) is 2.32. The van der Waals surface area contributed by atoms with Crippen molar-refractivity contribution >= 4 is 29.2 Å². The van der Waals surface area contributed by atoms with Gasteiger partial charge in [0.1, 0.15) is 5.03 Å². The third-order valence-corrected chi connectivity index (χ3v) is 3.61. The molecule has 7 heteroatoms. The molecule has 0 saturated heterocycles. The molecule has 100 valence electrons. The molecule has 0 saturated carbocycles. The van der Waals surface area contributed by atoms with E-state index >= 15 is 0 Å². The third kappa shape index (κ3) is 3.56. The number of hydrogen-bond donors (Lipinski definition) is 2. The molecule has 1 heterocycles. The summed E-state index contributed by atoms with van der Waals surface area (Å²) in [6, 6.07) is 7.92. The van der Waals surface area contributed by atoms with Gasteiger partial charge in [0, 0.05) is 16.8 Å². The van der Waals surface area contributed by atoms with E-state index in [0.29, 0.717) is 10.8 Å². The zero-order chi connectivity index (χ0) is 13.8. The summed E-state index contributed by atoms with van der Waals surface area (Å²) < 4.78 is 26.7. The Kier molecular flexibility index (Phi) is 4.57. The van der Waals surface area contributed by atoms with E-state index in [1.54, 1.807) is 12.1 Å². The van der Waals surface area contributed by atoms with Crippen molar-refractivity contribution in [3.63, 3.8) is 0 Å². The summed E-state index contributed by atoms with van der Waals surface area (Å²) in [5.74, 6) is 3.88. The summed E-state index contributed by atoms with van der Waals surface area (Å²) in [7, 11) is 0. The number of rotatable bonds is 4. The van der Waals surface area contributed by atoms with E-state index in [1.165, 1.54) is 0 Å². The number of hydrazine groups is 1. The number of anilines is 1. The minimum Gasteiger partial charge on any atom is -0.306 e. The van der Waals surface area contributed by atoms with Crippen molar-refractivity contribution in [3.05, 3.63) is 52.6 Å². The van der Waals surface area contributed by atoms with Crippen LogP contribution in [0.1, 0.15) is 5.56 Å². The van der Waals surface area contributed by atoms with Gasteiger partial charge in [-0.3, -0.25) is 0 Å². The van der Waals surface area contributed by atoms with Crippen LogP contribution in [0.25, 0.3) is 0 Å². The maximum atomic E-state index is 13.5. The first-order chi connectivity index (χ1) is 9.10. The molecule has 2 rings (SSSR count). The van der Waals surface area contributed by atoms with Crippen LogP contribution in [-0.4, -0.2) is 4.98 Å². The Morgan fingerprint density at radius 2 is 1.89 bits per heavy atom. The molecule has 0 fully saturated rings. The quantitative estimate of drug-likeness (QED) is 0.515. The van der Waals surface area contributed by atoms with E-state index in [4.69, 9.17) is 17.4 Å². The van der Waals surface area contributed by atoms with Crippen LogP contribution in [0.15, 0.2) is 35.4 Å². The number of pyridine rings is 1. The zero-order valence-corrected chi connectivity index (χ0v) is 11.2. The van der Waals surface area contributed by atoms with Gasteiger partial charge in [-0.05, 0) is 17.7 Å². The number of aromatic nitrogens is 1. The summed E-state index contributed by atoms with van der Waals surface area (Å²) in [5, 5.41) is 0.721. The normalized spacial score (nSPS) is 10.5. The number of nitrogens with two attached hydrogens (primary N) is 1. The number of nitrogens with one attached hydrogen (secondary N) is 1. The highest BCUT2D eigenvalue weighted by Gasteiger charge is 2.11. The van der Waals surface area contributed by atoms with Crippen LogP contribution in [0.5, 0.6) is 0 Å². The summed E-state index contributed by atoms with van der Waals surface area (Å²) in [4.78, 5) is 3.77. The van der Waals surface area contributed by atoms with Gasteiger partial charge in [0.25, 0.3) is 0 Å². The van der Waals surface area contributed by atoms with Gasteiger partial charge in [-0.2, -0.15) is 0 Å². The fourth-order valence-corrected chi connectivity index (χ4v) is 2.36. The van der Waals surface area contributed by atoms with Crippen molar-refractivity contribution in [2.75, 3.05) is 5.43 Å². The van der Waals surface area contributed by atoms with Gasteiger partial charge >= 0.3 is 0 Å². The molecule has 3 nitrogen and oxygen atoms in total. The van der Waals surface area contributed by atoms with Gasteiger partial charge in [0.05, 0.1) is 0 Å². The molecule has 2 aromatic rings. The van der Waals surface area contributed by atoms with Gasteiger partial charge in [0.15, 0.2) is 17.5 Å². The van der Waals surface area contributed by atoms with E-state index in [9.17, 15) is 8.78 Å². The Morgan fingerprint density at radius 3 is 2.53 bits per heavy atom. The van der Waals surface area contributed by atoms with Crippen LogP contribution in [-0.2, 0) is 5.75 Å². The van der Waals surface area contributed by atoms with Crippen LogP contribution in [0.4, 0.5) is 14.6 Å². The molecule has 3 N–H and O–H groups in total. The highest BCUT2D eigenvalue weighted by atomic mass is 35.5. The molecule has 0 aliphatic rings. The highest BCUT2D eigenvalue weighted by Crippen LogP contribution is 2.26. The number of benzene rings is 1. The van der Waals surface area contributed by atoms with Gasteiger partial charge in [-0.25, -0.2) is 19.6 Å². The van der Waals surface area contributed by atoms with E-state index < -0.39 is 11.6 Å². The summed E-state index contributed by atoms with van der Waals surface area (Å²) >= 11 is 6.92. The Balaban J connectivity index is 2.13. The van der Waals surface area contributed by atoms with Crippen molar-refractivity contribution < 1.29 is 8.78 Å². The lowest BCUT2D eigenvalue weighted by Crippen LogP contribution is -2.11. The van der Waals surface area contributed by atoms with Crippen molar-refractivity contribution in [3.8, 4) is 0 Å². The van der Waals surface area contributed by atoms with Crippen LogP contribution < -0.4 is 11.3 Å². The molecule has 0 amide bonds. The van der Waals surface area contributed by atoms with E-state index in [1.807, 2.05) is 12.1 Å². The number of nitrogen functional groups attached to an aromatic ring is 1. The highest BCUT2D eigenvalue weighted by molar-refractivity contribution is 7.98. The van der Waals surface area contributed by atoms with Gasteiger partial charge in [-0.1, -0.05) is 35.5 Å². The predicted octanol–water partition coefficient (Wildman–Crippen LogP) is 3.59. The molecule has 19 heavy (non-hydrogen) atoms. The van der Waals surface area contributed by atoms with Crippen LogP contribution in [0.2, 0.25) is 5.02 Å². The van der Waals surface area contributed by atoms with Crippen LogP contribution in [0.3, 0.4) is 0 Å². The number of nitrogens with zero attached hydrogens (tertiary/aromatic N) is 1. The molecular formula is C12H10ClF2N3S. The number of hydrogen-bond acceptors (Lipinski definition) is 4. The number of thioether (sulfide) groups is 1. The maximum absolute atomic E-state index is 13.5. The smallest absolute Gasteiger partial charge is 0.177 e. The van der Waals surface area contributed by atoms with E-state index in [0.717, 1.165) is 23.4 Å². The number of halogens is 3. The Labute approximate surface area is 118 Å². The first-order valence-corrected chi connectivity index (χ1v) is 6.66. The van der Waals surface area contributed by atoms with Gasteiger partial charge < -0.3 is 5.43 Å². The standard InChI is InChI=1S/C12H10ClF2N3S/c13-8-3-1-7(2-4-8)6-19-12-10(15)5-9(14)11(17-12)18-16/h1-5H,6,16H2,(H,17,18). The van der Waals surface area contributed by atoms with Crippen LogP contribution in [0, 0.1) is 11.6 Å². The molecule has 1 aromatic carbocycles. The Morgan fingerprint density at radius 1 is 1.21 bits per heavy atom. The summed E-state index contributed by atoms with van der Waals surface area (Å²) in [6.07, 6.45) is 0. The Bertz CT molecular complexity index is 578. The molecule has 0 aliphatic carbocycles.